The zero-order valence-corrected chi connectivity index (χ0v) is 11.6. The number of nitrogens with one attached hydrogen (secondary N) is 2. The Balaban J connectivity index is 2.70. The van der Waals surface area contributed by atoms with Gasteiger partial charge in [-0.1, -0.05) is 31.5 Å². The number of hydrogen-bond acceptors (Lipinski definition) is 2. The summed E-state index contributed by atoms with van der Waals surface area (Å²) >= 11 is 0. The Morgan fingerprint density at radius 1 is 1.21 bits per heavy atom. The molecular formula is C14H21N3O2. The number of anilines is 1. The molecule has 0 aliphatic carbocycles. The molecule has 0 spiro atoms. The molecule has 0 saturated carbocycles. The average molecular weight is 263 g/mol. The van der Waals surface area contributed by atoms with Crippen LogP contribution in [0.3, 0.4) is 0 Å². The fraction of sp³-hybridized carbons (Fsp3) is 0.429. The number of nitrogens with two attached hydrogens (primary N) is 1. The molecule has 1 aromatic rings. The third-order valence-corrected chi connectivity index (χ3v) is 2.66. The number of hydrogen-bond donors (Lipinski definition) is 3. The van der Waals surface area contributed by atoms with Gasteiger partial charge < -0.3 is 16.4 Å². The summed E-state index contributed by atoms with van der Waals surface area (Å²) in [6.45, 7) is 5.94. The maximum absolute atomic E-state index is 12.1. The maximum atomic E-state index is 12.1. The molecule has 0 aliphatic heterocycles. The van der Waals surface area contributed by atoms with Crippen LogP contribution in [-0.2, 0) is 4.79 Å². The van der Waals surface area contributed by atoms with E-state index in [4.69, 9.17) is 5.73 Å². The number of aryl methyl sites for hydroxylation is 1. The first-order valence-electron chi connectivity index (χ1n) is 6.32. The normalized spacial score (nSPS) is 12.0. The van der Waals surface area contributed by atoms with Gasteiger partial charge in [0.1, 0.15) is 6.04 Å². The van der Waals surface area contributed by atoms with E-state index in [1.54, 1.807) is 0 Å². The van der Waals surface area contributed by atoms with Gasteiger partial charge in [0.2, 0.25) is 5.91 Å². The standard InChI is InChI=1S/C14H21N3O2/c1-9(2)8-12(17-14(15)19)13(18)16-11-6-4-10(3)5-7-11/h4-7,9,12H,8H2,1-3H3,(H,16,18)(H3,15,17,19)/t12-/m1/s1. The molecule has 0 bridgehead atoms. The first-order valence-corrected chi connectivity index (χ1v) is 6.32. The molecule has 1 aromatic carbocycles. The molecule has 0 aliphatic rings. The number of primary amides is 1. The second-order valence-corrected chi connectivity index (χ2v) is 5.05. The first kappa shape index (κ1) is 15.0. The summed E-state index contributed by atoms with van der Waals surface area (Å²) in [6, 6.07) is 6.17. The van der Waals surface area contributed by atoms with Crippen molar-refractivity contribution >= 4 is 17.6 Å². The maximum Gasteiger partial charge on any atom is 0.312 e. The molecule has 3 amide bonds. The monoisotopic (exact) mass is 263 g/mol. The topological polar surface area (TPSA) is 84.2 Å². The predicted octanol–water partition coefficient (Wildman–Crippen LogP) is 2.02. The van der Waals surface area contributed by atoms with Crippen molar-refractivity contribution in [3.63, 3.8) is 0 Å². The highest BCUT2D eigenvalue weighted by molar-refractivity contribution is 5.96. The second-order valence-electron chi connectivity index (χ2n) is 5.05. The molecule has 0 aromatic heterocycles. The van der Waals surface area contributed by atoms with Crippen molar-refractivity contribution in [2.45, 2.75) is 33.2 Å². The third-order valence-electron chi connectivity index (χ3n) is 2.66. The molecule has 1 rings (SSSR count). The highest BCUT2D eigenvalue weighted by Gasteiger charge is 2.20. The van der Waals surface area contributed by atoms with Crippen LogP contribution in [0.1, 0.15) is 25.8 Å². The Kier molecular flexibility index (Phi) is 5.36. The Bertz CT molecular complexity index is 441. The van der Waals surface area contributed by atoms with Gasteiger partial charge in [-0.15, -0.1) is 0 Å². The van der Waals surface area contributed by atoms with Crippen LogP contribution in [0.4, 0.5) is 10.5 Å². The zero-order valence-electron chi connectivity index (χ0n) is 11.6. The van der Waals surface area contributed by atoms with Gasteiger partial charge in [-0.25, -0.2) is 4.79 Å². The fourth-order valence-corrected chi connectivity index (χ4v) is 1.74. The van der Waals surface area contributed by atoms with E-state index < -0.39 is 12.1 Å². The smallest absolute Gasteiger partial charge is 0.312 e. The molecule has 104 valence electrons. The fourth-order valence-electron chi connectivity index (χ4n) is 1.74. The lowest BCUT2D eigenvalue weighted by Gasteiger charge is -2.19. The lowest BCUT2D eigenvalue weighted by atomic mass is 10.0. The average Bonchev–Trinajstić information content (AvgIpc) is 2.30. The number of rotatable bonds is 5. The molecule has 0 unspecified atom stereocenters. The SMILES string of the molecule is Cc1ccc(NC(=O)[C@@H](CC(C)C)NC(N)=O)cc1. The van der Waals surface area contributed by atoms with Crippen LogP contribution in [0, 0.1) is 12.8 Å². The minimum absolute atomic E-state index is 0.253. The van der Waals surface area contributed by atoms with Crippen molar-refractivity contribution in [1.82, 2.24) is 5.32 Å². The van der Waals surface area contributed by atoms with Gasteiger partial charge in [-0.05, 0) is 31.4 Å². The first-order chi connectivity index (χ1) is 8.88. The van der Waals surface area contributed by atoms with Crippen molar-refractivity contribution < 1.29 is 9.59 Å². The molecule has 4 N–H and O–H groups in total. The number of urea groups is 1. The zero-order chi connectivity index (χ0) is 14.4. The van der Waals surface area contributed by atoms with Crippen LogP contribution < -0.4 is 16.4 Å². The summed E-state index contributed by atoms with van der Waals surface area (Å²) < 4.78 is 0. The van der Waals surface area contributed by atoms with Crippen molar-refractivity contribution in [1.29, 1.82) is 0 Å². The Hall–Kier alpha value is -2.04. The van der Waals surface area contributed by atoms with E-state index >= 15 is 0 Å². The number of carbonyl (C=O) groups is 2. The molecule has 0 fully saturated rings. The molecule has 5 nitrogen and oxygen atoms in total. The Morgan fingerprint density at radius 3 is 2.26 bits per heavy atom. The van der Waals surface area contributed by atoms with Crippen LogP contribution in [0.15, 0.2) is 24.3 Å². The van der Waals surface area contributed by atoms with Gasteiger partial charge >= 0.3 is 6.03 Å². The summed E-state index contributed by atoms with van der Waals surface area (Å²) in [6.07, 6.45) is 0.542. The van der Waals surface area contributed by atoms with Crippen LogP contribution >= 0.6 is 0 Å². The lowest BCUT2D eigenvalue weighted by Crippen LogP contribution is -2.46. The van der Waals surface area contributed by atoms with Crippen LogP contribution in [-0.4, -0.2) is 18.0 Å². The van der Waals surface area contributed by atoms with E-state index in [0.717, 1.165) is 5.56 Å². The minimum atomic E-state index is -0.690. The second kappa shape index (κ2) is 6.78. The van der Waals surface area contributed by atoms with Crippen molar-refractivity contribution in [2.75, 3.05) is 5.32 Å². The van der Waals surface area contributed by atoms with E-state index in [1.165, 1.54) is 0 Å². The summed E-state index contributed by atoms with van der Waals surface area (Å²) in [4.78, 5) is 23.0. The lowest BCUT2D eigenvalue weighted by molar-refractivity contribution is -0.118. The van der Waals surface area contributed by atoms with Gasteiger partial charge in [0, 0.05) is 5.69 Å². The van der Waals surface area contributed by atoms with Crippen LogP contribution in [0.2, 0.25) is 0 Å². The van der Waals surface area contributed by atoms with Gasteiger partial charge in [-0.3, -0.25) is 4.79 Å². The van der Waals surface area contributed by atoms with Crippen molar-refractivity contribution in [3.05, 3.63) is 29.8 Å². The summed E-state index contributed by atoms with van der Waals surface area (Å²) in [5, 5.41) is 5.24. The summed E-state index contributed by atoms with van der Waals surface area (Å²) in [5.41, 5.74) is 6.91. The molecule has 5 heteroatoms. The Labute approximate surface area is 113 Å². The number of amides is 3. The highest BCUT2D eigenvalue weighted by Crippen LogP contribution is 2.11. The molecule has 0 saturated heterocycles. The van der Waals surface area contributed by atoms with Gasteiger partial charge in [0.15, 0.2) is 0 Å². The highest BCUT2D eigenvalue weighted by atomic mass is 16.2. The van der Waals surface area contributed by atoms with Gasteiger partial charge in [0.05, 0.1) is 0 Å². The van der Waals surface area contributed by atoms with Gasteiger partial charge in [-0.2, -0.15) is 0 Å². The van der Waals surface area contributed by atoms with E-state index in [1.807, 2.05) is 45.0 Å². The van der Waals surface area contributed by atoms with Crippen LogP contribution in [0.5, 0.6) is 0 Å². The van der Waals surface area contributed by atoms with E-state index in [9.17, 15) is 9.59 Å². The Morgan fingerprint density at radius 2 is 1.79 bits per heavy atom. The predicted molar refractivity (Wildman–Crippen MR) is 75.8 cm³/mol. The largest absolute Gasteiger partial charge is 0.352 e. The molecule has 1 atom stereocenters. The minimum Gasteiger partial charge on any atom is -0.352 e. The molecule has 0 radical (unpaired) electrons. The van der Waals surface area contributed by atoms with Crippen molar-refractivity contribution in [2.24, 2.45) is 11.7 Å². The summed E-state index contributed by atoms with van der Waals surface area (Å²) in [5.74, 6) is 0.0250. The van der Waals surface area contributed by atoms with E-state index in [0.29, 0.717) is 12.1 Å². The molecular weight excluding hydrogens is 242 g/mol. The summed E-state index contributed by atoms with van der Waals surface area (Å²) in [7, 11) is 0. The number of carbonyl (C=O) groups excluding carboxylic acids is 2. The molecule has 0 heterocycles. The van der Waals surface area contributed by atoms with Crippen LogP contribution in [0.25, 0.3) is 0 Å². The molecule has 19 heavy (non-hydrogen) atoms. The quantitative estimate of drug-likeness (QED) is 0.759. The van der Waals surface area contributed by atoms with E-state index in [2.05, 4.69) is 10.6 Å². The van der Waals surface area contributed by atoms with E-state index in [-0.39, 0.29) is 11.8 Å². The van der Waals surface area contributed by atoms with Crippen molar-refractivity contribution in [3.8, 4) is 0 Å². The number of benzene rings is 1. The van der Waals surface area contributed by atoms with Gasteiger partial charge in [0.25, 0.3) is 0 Å². The third kappa shape index (κ3) is 5.42.